The van der Waals surface area contributed by atoms with Crippen molar-refractivity contribution in [1.82, 2.24) is 14.9 Å². The first-order valence-electron chi connectivity index (χ1n) is 11.5. The number of fused-ring (bicyclic) bond motifs is 1. The fourth-order valence-corrected chi connectivity index (χ4v) is 6.41. The number of hydrogen-bond acceptors (Lipinski definition) is 5. The third-order valence-corrected chi connectivity index (χ3v) is 8.34. The minimum Gasteiger partial charge on any atom is -0.456 e. The van der Waals surface area contributed by atoms with Gasteiger partial charge in [-0.2, -0.15) is 0 Å². The lowest BCUT2D eigenvalue weighted by Gasteiger charge is -2.38. The molecule has 2 spiro atoms. The van der Waals surface area contributed by atoms with Crippen LogP contribution in [0.3, 0.4) is 0 Å². The van der Waals surface area contributed by atoms with Crippen molar-refractivity contribution in [3.63, 3.8) is 0 Å². The number of aromatic nitrogens is 2. The molecule has 4 fully saturated rings. The molecule has 2 aromatic rings. The van der Waals surface area contributed by atoms with Crippen LogP contribution in [-0.2, 0) is 16.6 Å². The number of amides is 1. The highest BCUT2D eigenvalue weighted by molar-refractivity contribution is 6.31. The lowest BCUT2D eigenvalue weighted by Crippen LogP contribution is -2.58. The van der Waals surface area contributed by atoms with Crippen molar-refractivity contribution in [3.05, 3.63) is 46.8 Å². The van der Waals surface area contributed by atoms with Crippen LogP contribution in [0.15, 0.2) is 24.5 Å². The summed E-state index contributed by atoms with van der Waals surface area (Å²) in [7, 11) is 1.80. The molecule has 1 aromatic heterocycles. The summed E-state index contributed by atoms with van der Waals surface area (Å²) in [6.45, 7) is 0.744. The number of benzene rings is 1. The van der Waals surface area contributed by atoms with Crippen LogP contribution in [0.25, 0.3) is 0 Å². The highest BCUT2D eigenvalue weighted by Crippen LogP contribution is 2.56. The van der Waals surface area contributed by atoms with Crippen LogP contribution in [0.4, 0.5) is 10.1 Å². The largest absolute Gasteiger partial charge is 0.456 e. The summed E-state index contributed by atoms with van der Waals surface area (Å²) in [5.41, 5.74) is 0.969. The quantitative estimate of drug-likeness (QED) is 0.664. The van der Waals surface area contributed by atoms with Crippen molar-refractivity contribution >= 4 is 29.2 Å². The summed E-state index contributed by atoms with van der Waals surface area (Å²) in [4.78, 5) is 30.2. The molecule has 2 atom stereocenters. The van der Waals surface area contributed by atoms with Gasteiger partial charge in [-0.1, -0.05) is 11.6 Å². The second kappa shape index (κ2) is 7.27. The molecule has 1 aliphatic heterocycles. The first-order chi connectivity index (χ1) is 15.8. The molecule has 174 valence electrons. The molecule has 1 saturated heterocycles. The number of esters is 1. The Morgan fingerprint density at radius 1 is 1.30 bits per heavy atom. The van der Waals surface area contributed by atoms with Crippen LogP contribution in [0.1, 0.15) is 60.6 Å². The number of imidazole rings is 1. The molecule has 3 saturated carbocycles. The number of anilines is 1. The van der Waals surface area contributed by atoms with E-state index in [0.717, 1.165) is 50.8 Å². The van der Waals surface area contributed by atoms with E-state index in [0.29, 0.717) is 23.2 Å². The van der Waals surface area contributed by atoms with Gasteiger partial charge in [-0.15, -0.1) is 0 Å². The van der Waals surface area contributed by atoms with Crippen LogP contribution in [0.2, 0.25) is 5.02 Å². The summed E-state index contributed by atoms with van der Waals surface area (Å²) < 4.78 is 21.2. The number of ether oxygens (including phenoxy) is 1. The Bertz CT molecular complexity index is 1150. The fourth-order valence-electron chi connectivity index (χ4n) is 6.23. The highest BCUT2D eigenvalue weighted by atomic mass is 35.5. The number of morpholine rings is 1. The fraction of sp³-hybridized carbons (Fsp3) is 0.542. The Balaban J connectivity index is 1.16. The summed E-state index contributed by atoms with van der Waals surface area (Å²) in [6, 6.07) is 4.11. The topological polar surface area (TPSA) is 85.2 Å². The Morgan fingerprint density at radius 2 is 2.03 bits per heavy atom. The van der Waals surface area contributed by atoms with E-state index in [-0.39, 0.29) is 28.4 Å². The zero-order valence-electron chi connectivity index (χ0n) is 18.4. The van der Waals surface area contributed by atoms with E-state index in [1.807, 2.05) is 0 Å². The number of aryl methyl sites for hydroxylation is 1. The zero-order chi connectivity index (χ0) is 23.0. The molecular weight excluding hydrogens is 447 g/mol. The molecule has 6 rings (SSSR count). The standard InChI is InChI=1S/C24H26ClFN4O3/c1-30-12-27-19(20(30)21(31)29-16-2-3-18(26)17(25)8-16)13-6-14-9-23(10-15(14)7-13)11-28-24(4-5-24)22(32)33-23/h2-3,8,12-15,28H,4-7,9-11H2,1H3,(H,29,31). The Kier molecular flexibility index (Phi) is 4.65. The zero-order valence-corrected chi connectivity index (χ0v) is 19.1. The van der Waals surface area contributed by atoms with E-state index in [1.54, 1.807) is 17.9 Å². The van der Waals surface area contributed by atoms with Crippen molar-refractivity contribution < 1.29 is 18.7 Å². The molecule has 0 radical (unpaired) electrons. The number of nitrogens with zero attached hydrogens (tertiary/aromatic N) is 2. The van der Waals surface area contributed by atoms with Gasteiger partial charge in [-0.25, -0.2) is 9.37 Å². The van der Waals surface area contributed by atoms with E-state index >= 15 is 0 Å². The highest BCUT2D eigenvalue weighted by Gasteiger charge is 2.61. The van der Waals surface area contributed by atoms with Crippen LogP contribution in [0, 0.1) is 17.7 Å². The van der Waals surface area contributed by atoms with Gasteiger partial charge in [-0.05, 0) is 68.6 Å². The van der Waals surface area contributed by atoms with Crippen LogP contribution < -0.4 is 10.6 Å². The van der Waals surface area contributed by atoms with Crippen molar-refractivity contribution in [1.29, 1.82) is 0 Å². The number of nitrogens with one attached hydrogen (secondary N) is 2. The normalized spacial score (nSPS) is 31.6. The van der Waals surface area contributed by atoms with E-state index in [9.17, 15) is 14.0 Å². The van der Waals surface area contributed by atoms with Crippen molar-refractivity contribution in [3.8, 4) is 0 Å². The van der Waals surface area contributed by atoms with E-state index < -0.39 is 11.4 Å². The maximum Gasteiger partial charge on any atom is 0.326 e. The molecule has 0 bridgehead atoms. The molecule has 4 aliphatic rings. The number of hydrogen-bond donors (Lipinski definition) is 2. The molecule has 7 nitrogen and oxygen atoms in total. The minimum atomic E-state index is -0.530. The van der Waals surface area contributed by atoms with Crippen LogP contribution >= 0.6 is 11.6 Å². The SMILES string of the molecule is Cn1cnc(C2CC3CC4(CNC5(CC5)C(=O)O4)CC3C2)c1C(=O)Nc1ccc(F)c(Cl)c1. The van der Waals surface area contributed by atoms with Gasteiger partial charge in [0.05, 0.1) is 17.0 Å². The first-order valence-corrected chi connectivity index (χ1v) is 11.9. The van der Waals surface area contributed by atoms with Crippen molar-refractivity contribution in [2.45, 2.75) is 55.6 Å². The molecule has 2 heterocycles. The van der Waals surface area contributed by atoms with Gasteiger partial charge in [-0.3, -0.25) is 14.9 Å². The Labute approximate surface area is 196 Å². The second-order valence-electron chi connectivity index (χ2n) is 10.3. The molecule has 3 aliphatic carbocycles. The average Bonchev–Trinajstić information content (AvgIpc) is 3.14. The second-order valence-corrected chi connectivity index (χ2v) is 10.7. The summed E-state index contributed by atoms with van der Waals surface area (Å²) >= 11 is 5.85. The monoisotopic (exact) mass is 472 g/mol. The predicted octanol–water partition coefficient (Wildman–Crippen LogP) is 3.79. The minimum absolute atomic E-state index is 0.0407. The van der Waals surface area contributed by atoms with Crippen molar-refractivity contribution in [2.24, 2.45) is 18.9 Å². The van der Waals surface area contributed by atoms with Gasteiger partial charge < -0.3 is 14.6 Å². The van der Waals surface area contributed by atoms with E-state index in [2.05, 4.69) is 15.6 Å². The third kappa shape index (κ3) is 3.46. The molecular formula is C24H26ClFN4O3. The van der Waals surface area contributed by atoms with E-state index in [1.165, 1.54) is 18.2 Å². The molecule has 33 heavy (non-hydrogen) atoms. The lowest BCUT2D eigenvalue weighted by molar-refractivity contribution is -0.171. The predicted molar refractivity (Wildman–Crippen MR) is 120 cm³/mol. The van der Waals surface area contributed by atoms with Gasteiger partial charge in [0.1, 0.15) is 22.7 Å². The maximum absolute atomic E-state index is 13.5. The molecule has 2 unspecified atom stereocenters. The number of carbonyl (C=O) groups is 2. The lowest BCUT2D eigenvalue weighted by atomic mass is 9.90. The Hall–Kier alpha value is -2.45. The molecule has 1 amide bonds. The number of rotatable bonds is 3. The molecule has 1 aromatic carbocycles. The van der Waals surface area contributed by atoms with E-state index in [4.69, 9.17) is 16.3 Å². The van der Waals surface area contributed by atoms with Crippen molar-refractivity contribution in [2.75, 3.05) is 11.9 Å². The van der Waals surface area contributed by atoms with Gasteiger partial charge in [0.25, 0.3) is 5.91 Å². The smallest absolute Gasteiger partial charge is 0.326 e. The van der Waals surface area contributed by atoms with Gasteiger partial charge >= 0.3 is 5.97 Å². The van der Waals surface area contributed by atoms with Gasteiger partial charge in [0.15, 0.2) is 0 Å². The summed E-state index contributed by atoms with van der Waals surface area (Å²) in [5, 5.41) is 6.24. The Morgan fingerprint density at radius 3 is 2.67 bits per heavy atom. The van der Waals surface area contributed by atoms with Crippen LogP contribution in [0.5, 0.6) is 0 Å². The van der Waals surface area contributed by atoms with Crippen LogP contribution in [-0.4, -0.2) is 39.1 Å². The van der Waals surface area contributed by atoms with Gasteiger partial charge in [0, 0.05) is 25.2 Å². The molecule has 9 heteroatoms. The summed E-state index contributed by atoms with van der Waals surface area (Å²) in [6.07, 6.45) is 7.01. The first kappa shape index (κ1) is 21.1. The molecule has 2 N–H and O–H groups in total. The number of carbonyl (C=O) groups excluding carboxylic acids is 2. The maximum atomic E-state index is 13.5. The van der Waals surface area contributed by atoms with Gasteiger partial charge in [0.2, 0.25) is 0 Å². The number of halogens is 2. The average molecular weight is 473 g/mol. The third-order valence-electron chi connectivity index (χ3n) is 8.05. The summed E-state index contributed by atoms with van der Waals surface area (Å²) in [5.74, 6) is 0.185.